The third-order valence-corrected chi connectivity index (χ3v) is 3.01. The normalized spacial score (nSPS) is 10.2. The fourth-order valence-electron chi connectivity index (χ4n) is 2.01. The number of aromatic nitrogens is 1. The maximum atomic E-state index is 8.79. The highest BCUT2D eigenvalue weighted by Gasteiger charge is 2.07. The molecule has 2 aromatic rings. The average Bonchev–Trinajstić information content (AvgIpc) is 2.82. The molecule has 0 saturated heterocycles. The minimum absolute atomic E-state index is 0.707. The van der Waals surface area contributed by atoms with Gasteiger partial charge in [0.25, 0.3) is 0 Å². The van der Waals surface area contributed by atoms with E-state index < -0.39 is 0 Å². The lowest BCUT2D eigenvalue weighted by molar-refractivity contribution is 0.995. The summed E-state index contributed by atoms with van der Waals surface area (Å²) >= 11 is 0. The minimum atomic E-state index is 0.707. The molecule has 17 heavy (non-hydrogen) atoms. The van der Waals surface area contributed by atoms with Crippen molar-refractivity contribution in [3.05, 3.63) is 47.3 Å². The maximum absolute atomic E-state index is 8.79. The van der Waals surface area contributed by atoms with Crippen molar-refractivity contribution in [1.29, 1.82) is 5.26 Å². The zero-order chi connectivity index (χ0) is 12.3. The number of nitrogens with zero attached hydrogens (tertiary/aromatic N) is 1. The zero-order valence-corrected chi connectivity index (χ0v) is 10.2. The van der Waals surface area contributed by atoms with Gasteiger partial charge in [0.1, 0.15) is 0 Å². The first kappa shape index (κ1) is 11.5. The molecule has 2 rings (SSSR count). The van der Waals surface area contributed by atoms with Crippen LogP contribution in [0.4, 0.5) is 0 Å². The molecule has 0 atom stereocenters. The molecule has 0 aliphatic rings. The Morgan fingerprint density at radius 1 is 1.12 bits per heavy atom. The van der Waals surface area contributed by atoms with Crippen LogP contribution < -0.4 is 0 Å². The zero-order valence-electron chi connectivity index (χ0n) is 10.2. The maximum Gasteiger partial charge on any atom is 0.0991 e. The monoisotopic (exact) mass is 224 g/mol. The van der Waals surface area contributed by atoms with Gasteiger partial charge in [0.05, 0.1) is 11.6 Å². The second-order valence-corrected chi connectivity index (χ2v) is 4.08. The Morgan fingerprint density at radius 2 is 1.82 bits per heavy atom. The molecule has 1 N–H and O–H groups in total. The van der Waals surface area contributed by atoms with Crippen LogP contribution in [0.15, 0.2) is 30.3 Å². The Morgan fingerprint density at radius 3 is 2.35 bits per heavy atom. The van der Waals surface area contributed by atoms with E-state index in [1.165, 1.54) is 22.5 Å². The summed E-state index contributed by atoms with van der Waals surface area (Å²) in [5.74, 6) is 0. The lowest BCUT2D eigenvalue weighted by atomic mass is 10.0. The molecule has 0 aliphatic carbocycles. The fourth-order valence-corrected chi connectivity index (χ4v) is 2.01. The average molecular weight is 224 g/mol. The van der Waals surface area contributed by atoms with Crippen molar-refractivity contribution in [2.24, 2.45) is 0 Å². The van der Waals surface area contributed by atoms with Crippen LogP contribution in [0.3, 0.4) is 0 Å². The van der Waals surface area contributed by atoms with E-state index in [9.17, 15) is 0 Å². The summed E-state index contributed by atoms with van der Waals surface area (Å²) < 4.78 is 0. The summed E-state index contributed by atoms with van der Waals surface area (Å²) in [5, 5.41) is 8.79. The molecule has 0 spiro atoms. The molecular formula is C15H16N2. The van der Waals surface area contributed by atoms with Crippen molar-refractivity contribution in [2.45, 2.75) is 26.7 Å². The molecule has 0 unspecified atom stereocenters. The van der Waals surface area contributed by atoms with Crippen LogP contribution in [-0.4, -0.2) is 4.98 Å². The van der Waals surface area contributed by atoms with Crippen LogP contribution in [0.5, 0.6) is 0 Å². The summed E-state index contributed by atoms with van der Waals surface area (Å²) in [5.41, 5.74) is 5.68. The van der Waals surface area contributed by atoms with Gasteiger partial charge >= 0.3 is 0 Å². The van der Waals surface area contributed by atoms with E-state index in [1.54, 1.807) is 0 Å². The smallest absolute Gasteiger partial charge is 0.0991 e. The van der Waals surface area contributed by atoms with Crippen LogP contribution in [0.25, 0.3) is 11.1 Å². The summed E-state index contributed by atoms with van der Waals surface area (Å²) in [4.78, 5) is 3.44. The molecule has 86 valence electrons. The van der Waals surface area contributed by atoms with Crippen molar-refractivity contribution in [2.75, 3.05) is 0 Å². The van der Waals surface area contributed by atoms with E-state index in [-0.39, 0.29) is 0 Å². The van der Waals surface area contributed by atoms with Gasteiger partial charge in [-0.3, -0.25) is 0 Å². The Kier molecular flexibility index (Phi) is 3.30. The SMILES string of the molecule is CCc1cc(-c2ccc(C#N)cc2)c(CC)[nH]1. The quantitative estimate of drug-likeness (QED) is 0.848. The number of rotatable bonds is 3. The van der Waals surface area contributed by atoms with E-state index in [1.807, 2.05) is 24.3 Å². The standard InChI is InChI=1S/C15H16N2/c1-3-13-9-14(15(4-2)17-13)12-7-5-11(10-16)6-8-12/h5-9,17H,3-4H2,1-2H3. The Hall–Kier alpha value is -2.01. The Bertz CT molecular complexity index is 541. The summed E-state index contributed by atoms with van der Waals surface area (Å²) in [7, 11) is 0. The molecule has 0 saturated carbocycles. The van der Waals surface area contributed by atoms with Crippen molar-refractivity contribution < 1.29 is 0 Å². The number of H-pyrrole nitrogens is 1. The molecule has 1 aromatic heterocycles. The number of aromatic amines is 1. The van der Waals surface area contributed by atoms with Crippen molar-refractivity contribution in [1.82, 2.24) is 4.98 Å². The van der Waals surface area contributed by atoms with Crippen molar-refractivity contribution >= 4 is 0 Å². The fraction of sp³-hybridized carbons (Fsp3) is 0.267. The number of hydrogen-bond donors (Lipinski definition) is 1. The predicted molar refractivity (Wildman–Crippen MR) is 69.7 cm³/mol. The molecule has 2 nitrogen and oxygen atoms in total. The number of hydrogen-bond acceptors (Lipinski definition) is 1. The summed E-state index contributed by atoms with van der Waals surface area (Å²) in [6, 6.07) is 12.1. The van der Waals surface area contributed by atoms with Gasteiger partial charge in [-0.1, -0.05) is 26.0 Å². The highest BCUT2D eigenvalue weighted by Crippen LogP contribution is 2.25. The molecule has 0 amide bonds. The first-order valence-electron chi connectivity index (χ1n) is 5.99. The van der Waals surface area contributed by atoms with Crippen molar-refractivity contribution in [3.63, 3.8) is 0 Å². The third-order valence-electron chi connectivity index (χ3n) is 3.01. The van der Waals surface area contributed by atoms with Crippen LogP contribution in [-0.2, 0) is 12.8 Å². The molecular weight excluding hydrogens is 208 g/mol. The number of benzene rings is 1. The highest BCUT2D eigenvalue weighted by atomic mass is 14.7. The summed E-state index contributed by atoms with van der Waals surface area (Å²) in [6.07, 6.45) is 2.01. The second-order valence-electron chi connectivity index (χ2n) is 4.08. The third kappa shape index (κ3) is 2.24. The second kappa shape index (κ2) is 4.88. The van der Waals surface area contributed by atoms with Gasteiger partial charge < -0.3 is 4.98 Å². The minimum Gasteiger partial charge on any atom is -0.362 e. The van der Waals surface area contributed by atoms with Crippen LogP contribution in [0.1, 0.15) is 30.8 Å². The van der Waals surface area contributed by atoms with Crippen LogP contribution in [0, 0.1) is 11.3 Å². The first-order valence-corrected chi connectivity index (χ1v) is 5.99. The number of nitriles is 1. The van der Waals surface area contributed by atoms with Crippen molar-refractivity contribution in [3.8, 4) is 17.2 Å². The molecule has 0 radical (unpaired) electrons. The first-order chi connectivity index (χ1) is 8.28. The lowest BCUT2D eigenvalue weighted by Gasteiger charge is -2.01. The Balaban J connectivity index is 2.44. The molecule has 1 aromatic carbocycles. The van der Waals surface area contributed by atoms with Gasteiger partial charge in [-0.05, 0) is 36.6 Å². The van der Waals surface area contributed by atoms with Gasteiger partial charge in [0, 0.05) is 17.0 Å². The van der Waals surface area contributed by atoms with E-state index >= 15 is 0 Å². The topological polar surface area (TPSA) is 39.6 Å². The number of aryl methyl sites for hydroxylation is 2. The van der Waals surface area contributed by atoms with Crippen LogP contribution >= 0.6 is 0 Å². The molecule has 0 fully saturated rings. The van der Waals surface area contributed by atoms with Gasteiger partial charge in [-0.2, -0.15) is 5.26 Å². The van der Waals surface area contributed by atoms with Gasteiger partial charge in [0.2, 0.25) is 0 Å². The molecule has 2 heteroatoms. The lowest BCUT2D eigenvalue weighted by Crippen LogP contribution is -1.85. The van der Waals surface area contributed by atoms with E-state index in [4.69, 9.17) is 5.26 Å². The molecule has 0 aliphatic heterocycles. The molecule has 0 bridgehead atoms. The molecule has 1 heterocycles. The largest absolute Gasteiger partial charge is 0.362 e. The predicted octanol–water partition coefficient (Wildman–Crippen LogP) is 3.68. The summed E-state index contributed by atoms with van der Waals surface area (Å²) in [6.45, 7) is 4.30. The highest BCUT2D eigenvalue weighted by molar-refractivity contribution is 5.68. The van der Waals surface area contributed by atoms with E-state index in [0.717, 1.165) is 12.8 Å². The number of nitrogens with one attached hydrogen (secondary N) is 1. The Labute approximate surface area is 102 Å². The van der Waals surface area contributed by atoms with Gasteiger partial charge in [-0.15, -0.1) is 0 Å². The van der Waals surface area contributed by atoms with Gasteiger partial charge in [-0.25, -0.2) is 0 Å². The van der Waals surface area contributed by atoms with Gasteiger partial charge in [0.15, 0.2) is 0 Å². The van der Waals surface area contributed by atoms with Crippen LogP contribution in [0.2, 0.25) is 0 Å². The van der Waals surface area contributed by atoms with E-state index in [2.05, 4.69) is 31.0 Å². The van der Waals surface area contributed by atoms with E-state index in [0.29, 0.717) is 5.56 Å².